The smallest absolute Gasteiger partial charge is 0.390 e. The Hall–Kier alpha value is -1.03. The van der Waals surface area contributed by atoms with Crippen molar-refractivity contribution in [2.24, 2.45) is 0 Å². The number of benzene rings is 1. The lowest BCUT2D eigenvalue weighted by molar-refractivity contribution is -0.138. The summed E-state index contributed by atoms with van der Waals surface area (Å²) in [5.74, 6) is 0. The minimum atomic E-state index is -4.34. The average molecular weight is 230 g/mol. The summed E-state index contributed by atoms with van der Waals surface area (Å²) in [5.41, 5.74) is -1.35. The highest BCUT2D eigenvalue weighted by molar-refractivity contribution is 5.31. The summed E-state index contributed by atoms with van der Waals surface area (Å²) < 4.78 is 38.0. The molecule has 1 aliphatic carbocycles. The first kappa shape index (κ1) is 11.5. The van der Waals surface area contributed by atoms with Crippen LogP contribution in [0, 0.1) is 0 Å². The summed E-state index contributed by atoms with van der Waals surface area (Å²) in [4.78, 5) is 0. The molecule has 0 unspecified atom stereocenters. The van der Waals surface area contributed by atoms with E-state index < -0.39 is 17.3 Å². The lowest BCUT2D eigenvalue weighted by atomic mass is 9.75. The van der Waals surface area contributed by atoms with Crippen molar-refractivity contribution in [2.45, 2.75) is 37.5 Å². The summed E-state index contributed by atoms with van der Waals surface area (Å²) in [5, 5.41) is 9.89. The van der Waals surface area contributed by atoms with Crippen molar-refractivity contribution in [3.8, 4) is 0 Å². The van der Waals surface area contributed by atoms with Crippen LogP contribution in [0.4, 0.5) is 13.2 Å². The Bertz CT molecular complexity index is 380. The lowest BCUT2D eigenvalue weighted by Crippen LogP contribution is -2.39. The molecule has 0 heterocycles. The fraction of sp³-hybridized carbons (Fsp3) is 0.500. The number of hydrogen-bond donors (Lipinski definition) is 1. The highest BCUT2D eigenvalue weighted by atomic mass is 19.4. The number of alkyl halides is 3. The topological polar surface area (TPSA) is 20.2 Å². The van der Waals surface area contributed by atoms with Crippen molar-refractivity contribution in [3.63, 3.8) is 0 Å². The van der Waals surface area contributed by atoms with Crippen LogP contribution in [0.3, 0.4) is 0 Å². The largest absolute Gasteiger partial charge is 0.416 e. The van der Waals surface area contributed by atoms with Crippen molar-refractivity contribution in [1.82, 2.24) is 0 Å². The zero-order valence-corrected chi connectivity index (χ0v) is 8.72. The second-order valence-electron chi connectivity index (χ2n) is 4.41. The molecule has 1 N–H and O–H groups in total. The third-order valence-electron chi connectivity index (χ3n) is 3.13. The molecular weight excluding hydrogens is 217 g/mol. The van der Waals surface area contributed by atoms with Crippen LogP contribution in [0.2, 0.25) is 0 Å². The molecule has 0 saturated heterocycles. The maximum atomic E-state index is 12.7. The first-order valence-corrected chi connectivity index (χ1v) is 5.28. The van der Waals surface area contributed by atoms with Crippen LogP contribution >= 0.6 is 0 Å². The molecule has 0 aromatic heterocycles. The first-order chi connectivity index (χ1) is 7.41. The molecule has 1 saturated carbocycles. The van der Waals surface area contributed by atoms with Crippen LogP contribution in [-0.2, 0) is 12.6 Å². The first-order valence-electron chi connectivity index (χ1n) is 5.28. The van der Waals surface area contributed by atoms with Gasteiger partial charge in [0.05, 0.1) is 11.2 Å². The molecule has 0 bridgehead atoms. The maximum absolute atomic E-state index is 12.7. The summed E-state index contributed by atoms with van der Waals surface area (Å²) in [6.07, 6.45) is -2.15. The average Bonchev–Trinajstić information content (AvgIpc) is 2.14. The number of halogens is 3. The predicted molar refractivity (Wildman–Crippen MR) is 53.9 cm³/mol. The molecule has 1 fully saturated rings. The molecule has 0 atom stereocenters. The van der Waals surface area contributed by atoms with Gasteiger partial charge >= 0.3 is 6.18 Å². The van der Waals surface area contributed by atoms with Crippen LogP contribution in [0.5, 0.6) is 0 Å². The number of hydrogen-bond acceptors (Lipinski definition) is 1. The number of rotatable bonds is 2. The maximum Gasteiger partial charge on any atom is 0.416 e. The van der Waals surface area contributed by atoms with Gasteiger partial charge in [-0.15, -0.1) is 0 Å². The van der Waals surface area contributed by atoms with Gasteiger partial charge in [-0.25, -0.2) is 0 Å². The highest BCUT2D eigenvalue weighted by Crippen LogP contribution is 2.38. The molecule has 0 radical (unpaired) electrons. The summed E-state index contributed by atoms with van der Waals surface area (Å²) in [7, 11) is 0. The van der Waals surface area contributed by atoms with Crippen molar-refractivity contribution < 1.29 is 18.3 Å². The molecule has 88 valence electrons. The van der Waals surface area contributed by atoms with E-state index in [0.29, 0.717) is 12.8 Å². The molecule has 16 heavy (non-hydrogen) atoms. The Kier molecular flexibility index (Phi) is 2.70. The molecule has 0 aliphatic heterocycles. The van der Waals surface area contributed by atoms with Crippen molar-refractivity contribution in [2.75, 3.05) is 0 Å². The molecule has 1 aromatic rings. The summed E-state index contributed by atoms with van der Waals surface area (Å²) in [6.45, 7) is 0. The van der Waals surface area contributed by atoms with E-state index in [1.807, 2.05) is 0 Å². The number of aliphatic hydroxyl groups is 1. The molecule has 0 spiro atoms. The fourth-order valence-corrected chi connectivity index (χ4v) is 2.07. The van der Waals surface area contributed by atoms with Gasteiger partial charge in [0.1, 0.15) is 0 Å². The van der Waals surface area contributed by atoms with Gasteiger partial charge < -0.3 is 5.11 Å². The van der Waals surface area contributed by atoms with E-state index in [1.165, 1.54) is 12.1 Å². The van der Waals surface area contributed by atoms with E-state index in [0.717, 1.165) is 12.5 Å². The predicted octanol–water partition coefficient (Wildman–Crippen LogP) is 3.16. The van der Waals surface area contributed by atoms with E-state index in [4.69, 9.17) is 0 Å². The van der Waals surface area contributed by atoms with Gasteiger partial charge in [0.25, 0.3) is 0 Å². The quantitative estimate of drug-likeness (QED) is 0.827. The molecule has 4 heteroatoms. The van der Waals surface area contributed by atoms with E-state index in [9.17, 15) is 18.3 Å². The van der Waals surface area contributed by atoms with Crippen LogP contribution in [0.25, 0.3) is 0 Å². The van der Waals surface area contributed by atoms with E-state index in [2.05, 4.69) is 0 Å². The van der Waals surface area contributed by atoms with Gasteiger partial charge in [-0.05, 0) is 30.9 Å². The minimum absolute atomic E-state index is 0.0999. The minimum Gasteiger partial charge on any atom is -0.390 e. The second kappa shape index (κ2) is 3.77. The SMILES string of the molecule is OC1(Cc2ccccc2C(F)(F)F)CCC1. The Balaban J connectivity index is 2.26. The van der Waals surface area contributed by atoms with E-state index in [1.54, 1.807) is 6.07 Å². The molecule has 1 nitrogen and oxygen atoms in total. The third kappa shape index (κ3) is 2.21. The zero-order chi connectivity index (χ0) is 11.8. The van der Waals surface area contributed by atoms with Gasteiger partial charge in [0.2, 0.25) is 0 Å². The molecule has 2 rings (SSSR count). The molecule has 1 aromatic carbocycles. The highest BCUT2D eigenvalue weighted by Gasteiger charge is 2.38. The summed E-state index contributed by atoms with van der Waals surface area (Å²) >= 11 is 0. The van der Waals surface area contributed by atoms with Crippen LogP contribution < -0.4 is 0 Å². The van der Waals surface area contributed by atoms with Gasteiger partial charge in [-0.2, -0.15) is 13.2 Å². The Morgan fingerprint density at radius 1 is 1.19 bits per heavy atom. The van der Waals surface area contributed by atoms with E-state index in [-0.39, 0.29) is 12.0 Å². The van der Waals surface area contributed by atoms with E-state index >= 15 is 0 Å². The van der Waals surface area contributed by atoms with Crippen molar-refractivity contribution in [1.29, 1.82) is 0 Å². The molecule has 1 aliphatic rings. The standard InChI is InChI=1S/C12H13F3O/c13-12(14,15)10-5-2-1-4-9(10)8-11(16)6-3-7-11/h1-2,4-5,16H,3,6-8H2. The fourth-order valence-electron chi connectivity index (χ4n) is 2.07. The van der Waals surface area contributed by atoms with Gasteiger partial charge in [-0.3, -0.25) is 0 Å². The van der Waals surface area contributed by atoms with Crippen LogP contribution in [0.1, 0.15) is 30.4 Å². The van der Waals surface area contributed by atoms with Crippen molar-refractivity contribution in [3.05, 3.63) is 35.4 Å². The molecule has 0 amide bonds. The normalized spacial score (nSPS) is 19.2. The second-order valence-corrected chi connectivity index (χ2v) is 4.41. The van der Waals surface area contributed by atoms with Crippen LogP contribution in [0.15, 0.2) is 24.3 Å². The lowest BCUT2D eigenvalue weighted by Gasteiger charge is -2.37. The van der Waals surface area contributed by atoms with Crippen molar-refractivity contribution >= 4 is 0 Å². The summed E-state index contributed by atoms with van der Waals surface area (Å²) in [6, 6.07) is 5.46. The Labute approximate surface area is 91.9 Å². The van der Waals surface area contributed by atoms with Crippen LogP contribution in [-0.4, -0.2) is 10.7 Å². The van der Waals surface area contributed by atoms with Gasteiger partial charge in [0.15, 0.2) is 0 Å². The van der Waals surface area contributed by atoms with Gasteiger partial charge in [0, 0.05) is 6.42 Å². The Morgan fingerprint density at radius 3 is 2.31 bits per heavy atom. The molecular formula is C12H13F3O. The monoisotopic (exact) mass is 230 g/mol. The zero-order valence-electron chi connectivity index (χ0n) is 8.72. The third-order valence-corrected chi connectivity index (χ3v) is 3.13. The Morgan fingerprint density at radius 2 is 1.81 bits per heavy atom. The van der Waals surface area contributed by atoms with Gasteiger partial charge in [-0.1, -0.05) is 18.2 Å².